The second-order valence-corrected chi connectivity index (χ2v) is 5.11. The molecule has 0 fully saturated rings. The van der Waals surface area contributed by atoms with Crippen LogP contribution >= 0.6 is 0 Å². The van der Waals surface area contributed by atoms with Crippen LogP contribution < -0.4 is 5.32 Å². The first-order valence-corrected chi connectivity index (χ1v) is 7.07. The molecule has 21 heavy (non-hydrogen) atoms. The lowest BCUT2D eigenvalue weighted by Gasteiger charge is -2.14. The first-order chi connectivity index (χ1) is 10.3. The Hall–Kier alpha value is -2.62. The van der Waals surface area contributed by atoms with E-state index in [1.54, 1.807) is 12.7 Å². The smallest absolute Gasteiger partial charge is 0.123 e. The van der Waals surface area contributed by atoms with E-state index >= 15 is 0 Å². The highest BCUT2D eigenvalue weighted by atomic mass is 15.2. The molecule has 3 rings (SSSR count). The summed E-state index contributed by atoms with van der Waals surface area (Å²) in [5.41, 5.74) is 3.50. The minimum absolute atomic E-state index is 0.463. The zero-order chi connectivity index (χ0) is 14.5. The van der Waals surface area contributed by atoms with Crippen LogP contribution in [0.3, 0.4) is 0 Å². The predicted molar refractivity (Wildman–Crippen MR) is 84.7 cm³/mol. The van der Waals surface area contributed by atoms with Gasteiger partial charge in [-0.05, 0) is 29.7 Å². The van der Waals surface area contributed by atoms with Crippen LogP contribution in [0.5, 0.6) is 0 Å². The summed E-state index contributed by atoms with van der Waals surface area (Å²) in [5, 5.41) is 11.2. The number of nitrogens with zero attached hydrogens (tertiary/aromatic N) is 3. The molecule has 106 valence electrons. The fourth-order valence-corrected chi connectivity index (χ4v) is 2.28. The van der Waals surface area contributed by atoms with Crippen molar-refractivity contribution in [2.24, 2.45) is 0 Å². The van der Waals surface area contributed by atoms with E-state index in [0.717, 1.165) is 17.9 Å². The summed E-state index contributed by atoms with van der Waals surface area (Å²) in [5.74, 6) is 0.463. The van der Waals surface area contributed by atoms with E-state index in [0.29, 0.717) is 5.92 Å². The summed E-state index contributed by atoms with van der Waals surface area (Å²) in [4.78, 5) is 0. The third-order valence-electron chi connectivity index (χ3n) is 3.54. The summed E-state index contributed by atoms with van der Waals surface area (Å²) in [6, 6.07) is 18.8. The zero-order valence-electron chi connectivity index (χ0n) is 12.0. The van der Waals surface area contributed by atoms with E-state index < -0.39 is 0 Å². The molecule has 1 heterocycles. The Bertz CT molecular complexity index is 677. The molecular formula is C17H18N4. The quantitative estimate of drug-likeness (QED) is 0.777. The van der Waals surface area contributed by atoms with Crippen molar-refractivity contribution in [3.8, 4) is 5.69 Å². The number of hydrogen-bond donors (Lipinski definition) is 1. The molecule has 0 aliphatic heterocycles. The van der Waals surface area contributed by atoms with E-state index in [9.17, 15) is 0 Å². The van der Waals surface area contributed by atoms with Gasteiger partial charge in [-0.25, -0.2) is 0 Å². The monoisotopic (exact) mass is 278 g/mol. The van der Waals surface area contributed by atoms with Crippen molar-refractivity contribution in [2.75, 3.05) is 11.9 Å². The van der Waals surface area contributed by atoms with Gasteiger partial charge in [-0.2, -0.15) is 0 Å². The molecule has 1 aromatic heterocycles. The second-order valence-electron chi connectivity index (χ2n) is 5.11. The molecule has 4 heteroatoms. The van der Waals surface area contributed by atoms with Crippen molar-refractivity contribution in [1.82, 2.24) is 14.8 Å². The van der Waals surface area contributed by atoms with Gasteiger partial charge in [0.15, 0.2) is 0 Å². The SMILES string of the molecule is CC(CNc1cccc(-n2cnnc2)c1)c1ccccc1. The highest BCUT2D eigenvalue weighted by Gasteiger charge is 2.05. The average molecular weight is 278 g/mol. The Balaban J connectivity index is 1.67. The van der Waals surface area contributed by atoms with Crippen LogP contribution in [0.4, 0.5) is 5.69 Å². The highest BCUT2D eigenvalue weighted by molar-refractivity contribution is 5.51. The van der Waals surface area contributed by atoms with Crippen molar-refractivity contribution < 1.29 is 0 Å². The Kier molecular flexibility index (Phi) is 3.96. The van der Waals surface area contributed by atoms with Gasteiger partial charge < -0.3 is 5.32 Å². The maximum Gasteiger partial charge on any atom is 0.123 e. The van der Waals surface area contributed by atoms with Gasteiger partial charge in [0.05, 0.1) is 5.69 Å². The van der Waals surface area contributed by atoms with Gasteiger partial charge in [0.1, 0.15) is 12.7 Å². The van der Waals surface area contributed by atoms with Crippen molar-refractivity contribution in [1.29, 1.82) is 0 Å². The maximum atomic E-state index is 3.83. The first kappa shape index (κ1) is 13.4. The summed E-state index contributed by atoms with van der Waals surface area (Å²) < 4.78 is 1.89. The average Bonchev–Trinajstić information content (AvgIpc) is 3.08. The Morgan fingerprint density at radius 1 is 1.00 bits per heavy atom. The molecule has 0 radical (unpaired) electrons. The van der Waals surface area contributed by atoms with Gasteiger partial charge in [-0.15, -0.1) is 10.2 Å². The summed E-state index contributed by atoms with van der Waals surface area (Å²) in [6.07, 6.45) is 3.40. The Labute approximate surface area is 124 Å². The number of nitrogens with one attached hydrogen (secondary N) is 1. The van der Waals surface area contributed by atoms with E-state index in [2.05, 4.69) is 58.8 Å². The van der Waals surface area contributed by atoms with Gasteiger partial charge in [0.25, 0.3) is 0 Å². The third kappa shape index (κ3) is 3.28. The lowest BCUT2D eigenvalue weighted by Crippen LogP contribution is -2.09. The van der Waals surface area contributed by atoms with Gasteiger partial charge >= 0.3 is 0 Å². The molecule has 0 aliphatic carbocycles. The van der Waals surface area contributed by atoms with Crippen LogP contribution in [0.25, 0.3) is 5.69 Å². The standard InChI is InChI=1S/C17H18N4/c1-14(15-6-3-2-4-7-15)11-18-16-8-5-9-17(10-16)21-12-19-20-13-21/h2-10,12-14,18H,11H2,1H3. The summed E-state index contributed by atoms with van der Waals surface area (Å²) in [7, 11) is 0. The van der Waals surface area contributed by atoms with Gasteiger partial charge in [-0.3, -0.25) is 4.57 Å². The topological polar surface area (TPSA) is 42.7 Å². The van der Waals surface area contributed by atoms with Crippen LogP contribution in [0.2, 0.25) is 0 Å². The predicted octanol–water partition coefficient (Wildman–Crippen LogP) is 3.48. The molecule has 0 bridgehead atoms. The largest absolute Gasteiger partial charge is 0.384 e. The zero-order valence-corrected chi connectivity index (χ0v) is 12.0. The molecular weight excluding hydrogens is 260 g/mol. The third-order valence-corrected chi connectivity index (χ3v) is 3.54. The van der Waals surface area contributed by atoms with Crippen LogP contribution in [-0.2, 0) is 0 Å². The fraction of sp³-hybridized carbons (Fsp3) is 0.176. The van der Waals surface area contributed by atoms with Crippen molar-refractivity contribution >= 4 is 5.69 Å². The summed E-state index contributed by atoms with van der Waals surface area (Å²) in [6.45, 7) is 3.13. The van der Waals surface area contributed by atoms with Crippen molar-refractivity contribution in [3.63, 3.8) is 0 Å². The maximum absolute atomic E-state index is 3.83. The Morgan fingerprint density at radius 3 is 2.52 bits per heavy atom. The molecule has 2 aromatic carbocycles. The molecule has 1 unspecified atom stereocenters. The second kappa shape index (κ2) is 6.22. The minimum atomic E-state index is 0.463. The fourth-order valence-electron chi connectivity index (χ4n) is 2.28. The van der Waals surface area contributed by atoms with E-state index in [4.69, 9.17) is 0 Å². The van der Waals surface area contributed by atoms with E-state index in [1.165, 1.54) is 5.56 Å². The van der Waals surface area contributed by atoms with Crippen LogP contribution in [0.15, 0.2) is 67.3 Å². The van der Waals surface area contributed by atoms with Crippen LogP contribution in [0.1, 0.15) is 18.4 Å². The molecule has 1 atom stereocenters. The van der Waals surface area contributed by atoms with E-state index in [-0.39, 0.29) is 0 Å². The van der Waals surface area contributed by atoms with Crippen LogP contribution in [-0.4, -0.2) is 21.3 Å². The number of aromatic nitrogens is 3. The minimum Gasteiger partial charge on any atom is -0.384 e. The number of hydrogen-bond acceptors (Lipinski definition) is 3. The highest BCUT2D eigenvalue weighted by Crippen LogP contribution is 2.18. The first-order valence-electron chi connectivity index (χ1n) is 7.07. The summed E-state index contributed by atoms with van der Waals surface area (Å²) >= 11 is 0. The van der Waals surface area contributed by atoms with Gasteiger partial charge in [0, 0.05) is 12.2 Å². The van der Waals surface area contributed by atoms with Crippen molar-refractivity contribution in [3.05, 3.63) is 72.8 Å². The Morgan fingerprint density at radius 2 is 1.76 bits per heavy atom. The number of benzene rings is 2. The normalized spacial score (nSPS) is 12.0. The number of anilines is 1. The molecule has 3 aromatic rings. The van der Waals surface area contributed by atoms with Crippen molar-refractivity contribution in [2.45, 2.75) is 12.8 Å². The molecule has 0 spiro atoms. The molecule has 0 aliphatic rings. The number of rotatable bonds is 5. The lowest BCUT2D eigenvalue weighted by atomic mass is 10.0. The molecule has 0 saturated heterocycles. The van der Waals surface area contributed by atoms with E-state index in [1.807, 2.05) is 22.8 Å². The van der Waals surface area contributed by atoms with Gasteiger partial charge in [0.2, 0.25) is 0 Å². The van der Waals surface area contributed by atoms with Crippen LogP contribution in [0, 0.1) is 0 Å². The molecule has 0 amide bonds. The molecule has 0 saturated carbocycles. The van der Waals surface area contributed by atoms with Gasteiger partial charge in [-0.1, -0.05) is 43.3 Å². The molecule has 4 nitrogen and oxygen atoms in total. The lowest BCUT2D eigenvalue weighted by molar-refractivity contribution is 0.805. The molecule has 1 N–H and O–H groups in total.